The number of benzene rings is 1. The van der Waals surface area contributed by atoms with Crippen molar-refractivity contribution in [2.24, 2.45) is 0 Å². The van der Waals surface area contributed by atoms with Crippen molar-refractivity contribution in [2.75, 3.05) is 13.6 Å². The zero-order valence-electron chi connectivity index (χ0n) is 12.3. The average molecular weight is 328 g/mol. The lowest BCUT2D eigenvalue weighted by Gasteiger charge is -2.31. The molecule has 0 aliphatic heterocycles. The zero-order chi connectivity index (χ0) is 17.0. The van der Waals surface area contributed by atoms with E-state index in [0.717, 1.165) is 0 Å². The van der Waals surface area contributed by atoms with Crippen LogP contribution in [0, 0.1) is 5.82 Å². The van der Waals surface area contributed by atoms with Gasteiger partial charge in [-0.05, 0) is 36.4 Å². The van der Waals surface area contributed by atoms with E-state index < -0.39 is 30.7 Å². The second kappa shape index (κ2) is 7.06. The molecule has 1 heterocycles. The Morgan fingerprint density at radius 2 is 1.78 bits per heavy atom. The summed E-state index contributed by atoms with van der Waals surface area (Å²) in [7, 11) is 1.47. The quantitative estimate of drug-likeness (QED) is 0.857. The van der Waals surface area contributed by atoms with Gasteiger partial charge in [-0.2, -0.15) is 13.2 Å². The standard InChI is InChI=1S/C16H16F4N2O/c1-22(10-14(23)16(18,19)20)15(12-3-2-8-21-9-12)11-4-6-13(17)7-5-11/h2-9,14-15,23H,10H2,1H3/t14-,15+/m1/s1. The first-order valence-electron chi connectivity index (χ1n) is 6.89. The fraction of sp³-hybridized carbons (Fsp3) is 0.312. The molecule has 0 unspecified atom stereocenters. The predicted octanol–water partition coefficient (Wildman–Crippen LogP) is 3.17. The van der Waals surface area contributed by atoms with Crippen LogP contribution in [0.15, 0.2) is 48.8 Å². The van der Waals surface area contributed by atoms with Gasteiger partial charge in [-0.3, -0.25) is 9.88 Å². The van der Waals surface area contributed by atoms with Gasteiger partial charge in [0.25, 0.3) is 0 Å². The van der Waals surface area contributed by atoms with Crippen molar-refractivity contribution in [3.05, 3.63) is 65.7 Å². The first kappa shape index (κ1) is 17.4. The molecule has 124 valence electrons. The van der Waals surface area contributed by atoms with E-state index in [0.29, 0.717) is 11.1 Å². The van der Waals surface area contributed by atoms with Crippen LogP contribution in [0.3, 0.4) is 0 Å². The van der Waals surface area contributed by atoms with E-state index in [9.17, 15) is 22.7 Å². The Balaban J connectivity index is 2.32. The first-order chi connectivity index (χ1) is 10.8. The molecule has 0 saturated carbocycles. The van der Waals surface area contributed by atoms with Gasteiger partial charge in [0.15, 0.2) is 6.10 Å². The first-order valence-corrected chi connectivity index (χ1v) is 6.89. The smallest absolute Gasteiger partial charge is 0.382 e. The van der Waals surface area contributed by atoms with Gasteiger partial charge in [0, 0.05) is 18.9 Å². The Labute approximate surface area is 131 Å². The number of nitrogens with zero attached hydrogens (tertiary/aromatic N) is 2. The lowest BCUT2D eigenvalue weighted by atomic mass is 9.98. The van der Waals surface area contributed by atoms with Gasteiger partial charge < -0.3 is 5.11 Å². The molecule has 2 atom stereocenters. The molecule has 1 N–H and O–H groups in total. The van der Waals surface area contributed by atoms with E-state index >= 15 is 0 Å². The van der Waals surface area contributed by atoms with Crippen LogP contribution in [-0.4, -0.2) is 40.9 Å². The van der Waals surface area contributed by atoms with Crippen molar-refractivity contribution >= 4 is 0 Å². The number of aliphatic hydroxyl groups is 1. The number of hydrogen-bond acceptors (Lipinski definition) is 3. The molecule has 1 aromatic carbocycles. The highest BCUT2D eigenvalue weighted by molar-refractivity contribution is 5.30. The highest BCUT2D eigenvalue weighted by Gasteiger charge is 2.39. The monoisotopic (exact) mass is 328 g/mol. The van der Waals surface area contributed by atoms with Crippen LogP contribution in [0.25, 0.3) is 0 Å². The molecule has 0 spiro atoms. The second-order valence-corrected chi connectivity index (χ2v) is 5.24. The Hall–Kier alpha value is -1.99. The van der Waals surface area contributed by atoms with E-state index in [2.05, 4.69) is 4.98 Å². The molecule has 2 rings (SSSR count). The molecule has 0 amide bonds. The van der Waals surface area contributed by atoms with Crippen molar-refractivity contribution in [3.8, 4) is 0 Å². The van der Waals surface area contributed by atoms with Crippen LogP contribution in [-0.2, 0) is 0 Å². The summed E-state index contributed by atoms with van der Waals surface area (Å²) < 4.78 is 50.9. The Morgan fingerprint density at radius 3 is 2.30 bits per heavy atom. The van der Waals surface area contributed by atoms with Crippen molar-refractivity contribution < 1.29 is 22.7 Å². The van der Waals surface area contributed by atoms with Crippen LogP contribution in [0.2, 0.25) is 0 Å². The minimum absolute atomic E-state index is 0.434. The predicted molar refractivity (Wildman–Crippen MR) is 77.2 cm³/mol. The average Bonchev–Trinajstić information content (AvgIpc) is 2.49. The van der Waals surface area contributed by atoms with Gasteiger partial charge >= 0.3 is 6.18 Å². The van der Waals surface area contributed by atoms with Crippen LogP contribution in [0.5, 0.6) is 0 Å². The third-order valence-electron chi connectivity index (χ3n) is 3.47. The molecular weight excluding hydrogens is 312 g/mol. The fourth-order valence-electron chi connectivity index (χ4n) is 2.37. The van der Waals surface area contributed by atoms with Crippen molar-refractivity contribution in [3.63, 3.8) is 0 Å². The van der Waals surface area contributed by atoms with Crippen LogP contribution in [0.1, 0.15) is 17.2 Å². The van der Waals surface area contributed by atoms with Gasteiger partial charge in [0.05, 0.1) is 6.04 Å². The van der Waals surface area contributed by atoms with Crippen LogP contribution in [0.4, 0.5) is 17.6 Å². The summed E-state index contributed by atoms with van der Waals surface area (Å²) in [6.45, 7) is -0.611. The van der Waals surface area contributed by atoms with Crippen molar-refractivity contribution in [2.45, 2.75) is 18.3 Å². The van der Waals surface area contributed by atoms with Gasteiger partial charge in [0.2, 0.25) is 0 Å². The van der Waals surface area contributed by atoms with E-state index in [1.807, 2.05) is 0 Å². The maximum atomic E-state index is 13.1. The molecule has 0 aliphatic carbocycles. The second-order valence-electron chi connectivity index (χ2n) is 5.24. The SMILES string of the molecule is CN(C[C@@H](O)C(F)(F)F)[C@@H](c1ccc(F)cc1)c1cccnc1. The summed E-state index contributed by atoms with van der Waals surface area (Å²) in [5.41, 5.74) is 1.26. The van der Waals surface area contributed by atoms with Gasteiger partial charge in [0.1, 0.15) is 5.82 Å². The summed E-state index contributed by atoms with van der Waals surface area (Å²) in [4.78, 5) is 5.34. The molecule has 0 bridgehead atoms. The molecule has 3 nitrogen and oxygen atoms in total. The number of hydrogen-bond donors (Lipinski definition) is 1. The number of pyridine rings is 1. The summed E-state index contributed by atoms with van der Waals surface area (Å²) >= 11 is 0. The Bertz CT molecular complexity index is 616. The molecule has 0 aliphatic rings. The van der Waals surface area contributed by atoms with Crippen LogP contribution >= 0.6 is 0 Å². The molecule has 7 heteroatoms. The molecule has 0 radical (unpaired) electrons. The minimum Gasteiger partial charge on any atom is -0.382 e. The third kappa shape index (κ3) is 4.49. The third-order valence-corrected chi connectivity index (χ3v) is 3.47. The number of rotatable bonds is 5. The van der Waals surface area contributed by atoms with E-state index in [-0.39, 0.29) is 0 Å². The molecule has 0 fully saturated rings. The van der Waals surface area contributed by atoms with Gasteiger partial charge in [-0.15, -0.1) is 0 Å². The summed E-state index contributed by atoms with van der Waals surface area (Å²) in [5.74, 6) is -0.434. The zero-order valence-corrected chi connectivity index (χ0v) is 12.3. The normalized spacial score (nSPS) is 14.7. The number of likely N-dealkylation sites (N-methyl/N-ethyl adjacent to an activating group) is 1. The largest absolute Gasteiger partial charge is 0.415 e. The lowest BCUT2D eigenvalue weighted by molar-refractivity contribution is -0.208. The highest BCUT2D eigenvalue weighted by atomic mass is 19.4. The fourth-order valence-corrected chi connectivity index (χ4v) is 2.37. The van der Waals surface area contributed by atoms with Crippen LogP contribution < -0.4 is 0 Å². The molecule has 1 aromatic heterocycles. The lowest BCUT2D eigenvalue weighted by Crippen LogP contribution is -2.41. The Morgan fingerprint density at radius 1 is 1.13 bits per heavy atom. The highest BCUT2D eigenvalue weighted by Crippen LogP contribution is 2.29. The Kier molecular flexibility index (Phi) is 5.33. The van der Waals surface area contributed by atoms with E-state index in [1.54, 1.807) is 18.3 Å². The number of aromatic nitrogens is 1. The van der Waals surface area contributed by atoms with Crippen molar-refractivity contribution in [1.29, 1.82) is 0 Å². The van der Waals surface area contributed by atoms with E-state index in [1.165, 1.54) is 42.4 Å². The minimum atomic E-state index is -4.70. The number of aliphatic hydroxyl groups excluding tert-OH is 1. The molecule has 0 saturated heterocycles. The molecule has 23 heavy (non-hydrogen) atoms. The number of halogens is 4. The maximum absolute atomic E-state index is 13.1. The summed E-state index contributed by atoms with van der Waals surface area (Å²) in [6, 6.07) is 8.30. The van der Waals surface area contributed by atoms with Gasteiger partial charge in [-0.1, -0.05) is 18.2 Å². The number of alkyl halides is 3. The maximum Gasteiger partial charge on any atom is 0.415 e. The molecule has 2 aromatic rings. The van der Waals surface area contributed by atoms with E-state index in [4.69, 9.17) is 0 Å². The van der Waals surface area contributed by atoms with Crippen molar-refractivity contribution in [1.82, 2.24) is 9.88 Å². The summed E-state index contributed by atoms with van der Waals surface area (Å²) in [6.07, 6.45) is -4.08. The summed E-state index contributed by atoms with van der Waals surface area (Å²) in [5, 5.41) is 9.30. The van der Waals surface area contributed by atoms with Gasteiger partial charge in [-0.25, -0.2) is 4.39 Å². The molecular formula is C16H16F4N2O. The topological polar surface area (TPSA) is 36.4 Å².